The number of nitrogens with two attached hydrogens (primary N) is 1. The molecule has 0 bridgehead atoms. The Morgan fingerprint density at radius 3 is 2.38 bits per heavy atom. The molecule has 1 unspecified atom stereocenters. The molecule has 0 aromatic heterocycles. The number of carbonyl (C=O) groups excluding carboxylic acids is 2. The Morgan fingerprint density at radius 2 is 1.76 bits per heavy atom. The number of carboxylic acids is 1. The molecule has 0 radical (unpaired) electrons. The van der Waals surface area contributed by atoms with E-state index >= 15 is 0 Å². The van der Waals surface area contributed by atoms with Crippen molar-refractivity contribution in [1.29, 1.82) is 5.41 Å². The van der Waals surface area contributed by atoms with E-state index < -0.39 is 23.7 Å². The van der Waals surface area contributed by atoms with E-state index in [0.717, 1.165) is 11.1 Å². The molecule has 2 aromatic rings. The minimum atomic E-state index is -1.01. The molecule has 0 aliphatic rings. The van der Waals surface area contributed by atoms with Crippen LogP contribution in [0, 0.1) is 12.3 Å². The van der Waals surface area contributed by atoms with Gasteiger partial charge in [-0.05, 0) is 30.7 Å². The van der Waals surface area contributed by atoms with E-state index in [-0.39, 0.29) is 24.4 Å². The maximum absolute atomic E-state index is 12.2. The zero-order chi connectivity index (χ0) is 21.4. The SMILES string of the molecule is Cc1ccc(C(CC(=O)O)CC(=O)NNC(=O)c2cccc(NC(=N)N)c2)cc1. The summed E-state index contributed by atoms with van der Waals surface area (Å²) in [5.74, 6) is -2.87. The van der Waals surface area contributed by atoms with E-state index in [0.29, 0.717) is 5.69 Å². The molecule has 7 N–H and O–H groups in total. The predicted molar refractivity (Wildman–Crippen MR) is 108 cm³/mol. The van der Waals surface area contributed by atoms with Crippen LogP contribution in [0.4, 0.5) is 5.69 Å². The Balaban J connectivity index is 1.97. The highest BCUT2D eigenvalue weighted by atomic mass is 16.4. The summed E-state index contributed by atoms with van der Waals surface area (Å²) in [5, 5.41) is 18.9. The fraction of sp³-hybridized carbons (Fsp3) is 0.200. The molecule has 0 aliphatic heterocycles. The van der Waals surface area contributed by atoms with Gasteiger partial charge < -0.3 is 16.2 Å². The average molecular weight is 397 g/mol. The maximum Gasteiger partial charge on any atom is 0.303 e. The molecule has 152 valence electrons. The van der Waals surface area contributed by atoms with Gasteiger partial charge in [0, 0.05) is 23.6 Å². The Kier molecular flexibility index (Phi) is 7.30. The van der Waals surface area contributed by atoms with Gasteiger partial charge in [-0.1, -0.05) is 35.9 Å². The first-order valence-corrected chi connectivity index (χ1v) is 8.83. The molecule has 9 nitrogen and oxygen atoms in total. The zero-order valence-corrected chi connectivity index (χ0v) is 15.9. The molecule has 2 amide bonds. The molecule has 9 heteroatoms. The van der Waals surface area contributed by atoms with Crippen molar-refractivity contribution >= 4 is 29.4 Å². The number of hydrogen-bond acceptors (Lipinski definition) is 4. The largest absolute Gasteiger partial charge is 0.481 e. The molecule has 2 rings (SSSR count). The minimum absolute atomic E-state index is 0.0957. The Hall–Kier alpha value is -3.88. The van der Waals surface area contributed by atoms with E-state index in [2.05, 4.69) is 16.2 Å². The van der Waals surface area contributed by atoms with Crippen LogP contribution in [0.2, 0.25) is 0 Å². The fourth-order valence-electron chi connectivity index (χ4n) is 2.72. The van der Waals surface area contributed by atoms with E-state index in [1.807, 2.05) is 19.1 Å². The lowest BCUT2D eigenvalue weighted by Crippen LogP contribution is -2.42. The monoisotopic (exact) mass is 397 g/mol. The first-order chi connectivity index (χ1) is 13.7. The summed E-state index contributed by atoms with van der Waals surface area (Å²) < 4.78 is 0. The molecule has 1 atom stereocenters. The first kappa shape index (κ1) is 21.4. The van der Waals surface area contributed by atoms with Gasteiger partial charge >= 0.3 is 5.97 Å². The van der Waals surface area contributed by atoms with Crippen LogP contribution in [-0.2, 0) is 9.59 Å². The second-order valence-electron chi connectivity index (χ2n) is 6.53. The van der Waals surface area contributed by atoms with Gasteiger partial charge in [-0.3, -0.25) is 30.6 Å². The van der Waals surface area contributed by atoms with Gasteiger partial charge in [0.2, 0.25) is 5.91 Å². The second-order valence-corrected chi connectivity index (χ2v) is 6.53. The van der Waals surface area contributed by atoms with E-state index in [1.54, 1.807) is 24.3 Å². The van der Waals surface area contributed by atoms with Crippen molar-refractivity contribution in [1.82, 2.24) is 10.9 Å². The molecular weight excluding hydrogens is 374 g/mol. The molecule has 2 aromatic carbocycles. The van der Waals surface area contributed by atoms with Crippen molar-refractivity contribution < 1.29 is 19.5 Å². The summed E-state index contributed by atoms with van der Waals surface area (Å²) in [6, 6.07) is 13.5. The first-order valence-electron chi connectivity index (χ1n) is 8.83. The summed E-state index contributed by atoms with van der Waals surface area (Å²) >= 11 is 0. The lowest BCUT2D eigenvalue weighted by molar-refractivity contribution is -0.137. The van der Waals surface area contributed by atoms with E-state index in [9.17, 15) is 14.4 Å². The number of hydrazine groups is 1. The van der Waals surface area contributed by atoms with E-state index in [4.69, 9.17) is 16.2 Å². The average Bonchev–Trinajstić information content (AvgIpc) is 2.65. The number of benzene rings is 2. The lowest BCUT2D eigenvalue weighted by atomic mass is 9.91. The third kappa shape index (κ3) is 6.98. The Labute approximate surface area is 167 Å². The van der Waals surface area contributed by atoms with E-state index in [1.165, 1.54) is 12.1 Å². The highest BCUT2D eigenvalue weighted by molar-refractivity contribution is 5.97. The van der Waals surface area contributed by atoms with Gasteiger partial charge in [-0.15, -0.1) is 0 Å². The normalized spacial score (nSPS) is 11.2. The van der Waals surface area contributed by atoms with Crippen molar-refractivity contribution in [3.05, 3.63) is 65.2 Å². The van der Waals surface area contributed by atoms with Gasteiger partial charge in [-0.2, -0.15) is 0 Å². The van der Waals surface area contributed by atoms with Gasteiger partial charge in [0.1, 0.15) is 0 Å². The van der Waals surface area contributed by atoms with Crippen LogP contribution in [0.25, 0.3) is 0 Å². The Bertz CT molecular complexity index is 911. The van der Waals surface area contributed by atoms with Crippen molar-refractivity contribution in [2.45, 2.75) is 25.7 Å². The summed E-state index contributed by atoms with van der Waals surface area (Å²) in [4.78, 5) is 35.6. The molecule has 29 heavy (non-hydrogen) atoms. The minimum Gasteiger partial charge on any atom is -0.481 e. The maximum atomic E-state index is 12.2. The van der Waals surface area contributed by atoms with Gasteiger partial charge in [0.05, 0.1) is 6.42 Å². The molecule has 0 aliphatic carbocycles. The number of carbonyl (C=O) groups is 3. The molecule has 0 fully saturated rings. The third-order valence-electron chi connectivity index (χ3n) is 4.12. The van der Waals surface area contributed by atoms with Crippen molar-refractivity contribution in [2.24, 2.45) is 5.73 Å². The zero-order valence-electron chi connectivity index (χ0n) is 15.9. The van der Waals surface area contributed by atoms with Crippen molar-refractivity contribution in [3.8, 4) is 0 Å². The number of rotatable bonds is 7. The Morgan fingerprint density at radius 1 is 1.07 bits per heavy atom. The molecular formula is C20H23N5O4. The number of aryl methyl sites for hydroxylation is 1. The third-order valence-corrected chi connectivity index (χ3v) is 4.12. The number of anilines is 1. The molecule has 0 saturated carbocycles. The number of nitrogens with one attached hydrogen (secondary N) is 4. The van der Waals surface area contributed by atoms with Gasteiger partial charge in [-0.25, -0.2) is 0 Å². The number of amides is 2. The van der Waals surface area contributed by atoms with Crippen molar-refractivity contribution in [3.63, 3.8) is 0 Å². The summed E-state index contributed by atoms with van der Waals surface area (Å²) in [5.41, 5.74) is 12.3. The summed E-state index contributed by atoms with van der Waals surface area (Å²) in [6.45, 7) is 1.92. The number of hydrogen-bond donors (Lipinski definition) is 6. The predicted octanol–water partition coefficient (Wildman–Crippen LogP) is 1.71. The summed E-state index contributed by atoms with van der Waals surface area (Å²) in [7, 11) is 0. The van der Waals surface area contributed by atoms with Crippen LogP contribution in [0.15, 0.2) is 48.5 Å². The molecule has 0 heterocycles. The molecule has 0 spiro atoms. The number of guanidine groups is 1. The van der Waals surface area contributed by atoms with Gasteiger partial charge in [0.25, 0.3) is 5.91 Å². The van der Waals surface area contributed by atoms with Crippen LogP contribution in [0.5, 0.6) is 0 Å². The van der Waals surface area contributed by atoms with Crippen LogP contribution >= 0.6 is 0 Å². The smallest absolute Gasteiger partial charge is 0.303 e. The second kappa shape index (κ2) is 9.88. The van der Waals surface area contributed by atoms with Crippen LogP contribution in [0.3, 0.4) is 0 Å². The molecule has 0 saturated heterocycles. The van der Waals surface area contributed by atoms with Crippen LogP contribution in [0.1, 0.15) is 40.2 Å². The topological polar surface area (TPSA) is 157 Å². The van der Waals surface area contributed by atoms with Gasteiger partial charge in [0.15, 0.2) is 5.96 Å². The van der Waals surface area contributed by atoms with Crippen LogP contribution < -0.4 is 21.9 Å². The number of carboxylic acid groups (broad SMARTS) is 1. The standard InChI is InChI=1S/C20H23N5O4/c1-12-5-7-13(8-6-12)15(11-18(27)28)10-17(26)24-25-19(29)14-3-2-4-16(9-14)23-20(21)22/h2-9,15H,10-11H2,1H3,(H,24,26)(H,25,29)(H,27,28)(H4,21,22,23). The fourth-order valence-corrected chi connectivity index (χ4v) is 2.72. The highest BCUT2D eigenvalue weighted by Gasteiger charge is 2.20. The summed E-state index contributed by atoms with van der Waals surface area (Å²) in [6.07, 6.45) is -0.301. The lowest BCUT2D eigenvalue weighted by Gasteiger charge is -2.16. The quantitative estimate of drug-likeness (QED) is 0.237. The highest BCUT2D eigenvalue weighted by Crippen LogP contribution is 2.24. The number of aliphatic carboxylic acids is 1. The van der Waals surface area contributed by atoms with Crippen LogP contribution in [-0.4, -0.2) is 28.8 Å². The van der Waals surface area contributed by atoms with Crippen molar-refractivity contribution in [2.75, 3.05) is 5.32 Å².